The van der Waals surface area contributed by atoms with Crippen LogP contribution in [0.2, 0.25) is 0 Å². The van der Waals surface area contributed by atoms with E-state index in [1.54, 1.807) is 12.1 Å². The second-order valence-electron chi connectivity index (χ2n) is 4.60. The number of hydrogen-bond acceptors (Lipinski definition) is 1. The van der Waals surface area contributed by atoms with Crippen molar-refractivity contribution in [1.82, 2.24) is 0 Å². The van der Waals surface area contributed by atoms with Crippen molar-refractivity contribution in [3.8, 4) is 5.75 Å². The molecule has 0 saturated heterocycles. The van der Waals surface area contributed by atoms with Crippen molar-refractivity contribution < 1.29 is 17.9 Å². The van der Waals surface area contributed by atoms with Crippen LogP contribution >= 0.6 is 11.6 Å². The van der Waals surface area contributed by atoms with Crippen LogP contribution in [0.4, 0.5) is 13.2 Å². The summed E-state index contributed by atoms with van der Waals surface area (Å²) in [4.78, 5) is 0. The fourth-order valence-corrected chi connectivity index (χ4v) is 2.72. The van der Waals surface area contributed by atoms with E-state index in [9.17, 15) is 13.2 Å². The highest BCUT2D eigenvalue weighted by Gasteiger charge is 2.31. The van der Waals surface area contributed by atoms with Gasteiger partial charge in [-0.1, -0.05) is 18.6 Å². The molecule has 0 bridgehead atoms. The zero-order valence-electron chi connectivity index (χ0n) is 9.71. The Balaban J connectivity index is 1.95. The summed E-state index contributed by atoms with van der Waals surface area (Å²) in [7, 11) is 0. The largest absolute Gasteiger partial charge is 0.573 e. The smallest absolute Gasteiger partial charge is 0.406 e. The number of hydrogen-bond donors (Lipinski definition) is 0. The van der Waals surface area contributed by atoms with Crippen molar-refractivity contribution in [2.24, 2.45) is 5.92 Å². The van der Waals surface area contributed by atoms with E-state index < -0.39 is 6.36 Å². The molecule has 1 fully saturated rings. The normalized spacial score (nSPS) is 24.2. The van der Waals surface area contributed by atoms with Crippen LogP contribution in [-0.2, 0) is 6.42 Å². The highest BCUT2D eigenvalue weighted by molar-refractivity contribution is 6.20. The maximum Gasteiger partial charge on any atom is 0.573 e. The van der Waals surface area contributed by atoms with Gasteiger partial charge in [-0.25, -0.2) is 0 Å². The van der Waals surface area contributed by atoms with Gasteiger partial charge in [0.15, 0.2) is 0 Å². The van der Waals surface area contributed by atoms with Crippen LogP contribution in [-0.4, -0.2) is 11.7 Å². The fraction of sp³-hybridized carbons (Fsp3) is 0.538. The molecule has 5 heteroatoms. The Hall–Kier alpha value is -0.900. The van der Waals surface area contributed by atoms with Crippen molar-refractivity contribution >= 4 is 11.6 Å². The minimum Gasteiger partial charge on any atom is -0.406 e. The van der Waals surface area contributed by atoms with Gasteiger partial charge in [-0.05, 0) is 42.9 Å². The molecule has 0 aliphatic heterocycles. The Kier molecular flexibility index (Phi) is 4.05. The predicted molar refractivity (Wildman–Crippen MR) is 63.8 cm³/mol. The van der Waals surface area contributed by atoms with Gasteiger partial charge in [0.05, 0.1) is 0 Å². The van der Waals surface area contributed by atoms with Crippen molar-refractivity contribution in [2.45, 2.75) is 37.4 Å². The molecule has 0 amide bonds. The molecule has 2 unspecified atom stereocenters. The first-order valence-corrected chi connectivity index (χ1v) is 6.36. The van der Waals surface area contributed by atoms with Gasteiger partial charge in [-0.2, -0.15) is 0 Å². The van der Waals surface area contributed by atoms with E-state index >= 15 is 0 Å². The predicted octanol–water partition coefficient (Wildman–Crippen LogP) is 4.54. The van der Waals surface area contributed by atoms with Gasteiger partial charge in [-0.15, -0.1) is 24.8 Å². The van der Waals surface area contributed by atoms with Crippen molar-refractivity contribution in [3.05, 3.63) is 29.8 Å². The highest BCUT2D eigenvalue weighted by atomic mass is 35.5. The van der Waals surface area contributed by atoms with E-state index in [-0.39, 0.29) is 11.1 Å². The molecule has 0 heterocycles. The fourth-order valence-electron chi connectivity index (χ4n) is 2.35. The Morgan fingerprint density at radius 3 is 2.33 bits per heavy atom. The lowest BCUT2D eigenvalue weighted by Gasteiger charge is -2.14. The second kappa shape index (κ2) is 5.39. The first-order chi connectivity index (χ1) is 8.44. The maximum absolute atomic E-state index is 12.0. The highest BCUT2D eigenvalue weighted by Crippen LogP contribution is 2.33. The van der Waals surface area contributed by atoms with Crippen LogP contribution in [0.1, 0.15) is 24.8 Å². The number of ether oxygens (including phenoxy) is 1. The van der Waals surface area contributed by atoms with Crippen LogP contribution in [0.15, 0.2) is 24.3 Å². The molecule has 1 nitrogen and oxygen atoms in total. The summed E-state index contributed by atoms with van der Waals surface area (Å²) in [6.45, 7) is 0. The number of benzene rings is 1. The van der Waals surface area contributed by atoms with E-state index in [1.807, 2.05) is 0 Å². The minimum absolute atomic E-state index is 0.180. The zero-order chi connectivity index (χ0) is 13.2. The van der Waals surface area contributed by atoms with Crippen LogP contribution in [0, 0.1) is 5.92 Å². The lowest BCUT2D eigenvalue weighted by molar-refractivity contribution is -0.274. The van der Waals surface area contributed by atoms with Gasteiger partial charge in [0.2, 0.25) is 0 Å². The number of halogens is 4. The van der Waals surface area contributed by atoms with Crippen molar-refractivity contribution in [2.75, 3.05) is 0 Å². The topological polar surface area (TPSA) is 9.23 Å². The Labute approximate surface area is 109 Å². The molecule has 0 spiro atoms. The average Bonchev–Trinajstić information content (AvgIpc) is 2.65. The van der Waals surface area contributed by atoms with Crippen LogP contribution in [0.25, 0.3) is 0 Å². The van der Waals surface area contributed by atoms with Gasteiger partial charge in [-0.3, -0.25) is 0 Å². The third-order valence-electron chi connectivity index (χ3n) is 3.22. The van der Waals surface area contributed by atoms with E-state index in [1.165, 1.54) is 12.1 Å². The van der Waals surface area contributed by atoms with Crippen molar-refractivity contribution in [3.63, 3.8) is 0 Å². The molecular weight excluding hydrogens is 265 g/mol. The van der Waals surface area contributed by atoms with E-state index in [0.717, 1.165) is 31.2 Å². The van der Waals surface area contributed by atoms with Gasteiger partial charge in [0.25, 0.3) is 0 Å². The quantitative estimate of drug-likeness (QED) is 0.738. The molecule has 2 rings (SSSR count). The molecular formula is C13H14ClF3O. The van der Waals surface area contributed by atoms with E-state index in [0.29, 0.717) is 5.92 Å². The van der Waals surface area contributed by atoms with Crippen LogP contribution in [0.3, 0.4) is 0 Å². The lowest BCUT2D eigenvalue weighted by Crippen LogP contribution is -2.17. The molecule has 0 radical (unpaired) electrons. The monoisotopic (exact) mass is 278 g/mol. The SMILES string of the molecule is FC(F)(F)Oc1ccc(CC2CCCC2Cl)cc1. The summed E-state index contributed by atoms with van der Waals surface area (Å²) in [6, 6.07) is 6.04. The third kappa shape index (κ3) is 3.80. The molecule has 1 aromatic rings. The van der Waals surface area contributed by atoms with Gasteiger partial charge < -0.3 is 4.74 Å². The summed E-state index contributed by atoms with van der Waals surface area (Å²) < 4.78 is 39.8. The molecule has 1 aliphatic carbocycles. The molecule has 1 aromatic carbocycles. The van der Waals surface area contributed by atoms with Crippen molar-refractivity contribution in [1.29, 1.82) is 0 Å². The Morgan fingerprint density at radius 2 is 1.83 bits per heavy atom. The second-order valence-corrected chi connectivity index (χ2v) is 5.16. The molecule has 0 aromatic heterocycles. The maximum atomic E-state index is 12.0. The molecule has 100 valence electrons. The molecule has 1 saturated carbocycles. The number of rotatable bonds is 3. The first kappa shape index (κ1) is 13.5. The summed E-state index contributed by atoms with van der Waals surface area (Å²) in [5, 5.41) is 0.191. The molecule has 2 atom stereocenters. The standard InChI is InChI=1S/C13H14ClF3O/c14-12-3-1-2-10(12)8-9-4-6-11(7-5-9)18-13(15,16)17/h4-7,10,12H,1-3,8H2. The first-order valence-electron chi connectivity index (χ1n) is 5.93. The summed E-state index contributed by atoms with van der Waals surface area (Å²) in [5.74, 6) is 0.251. The lowest BCUT2D eigenvalue weighted by atomic mass is 9.98. The average molecular weight is 279 g/mol. The van der Waals surface area contributed by atoms with E-state index in [4.69, 9.17) is 11.6 Å². The molecule has 18 heavy (non-hydrogen) atoms. The summed E-state index contributed by atoms with van der Waals surface area (Å²) in [5.41, 5.74) is 1.00. The Bertz CT molecular complexity index is 388. The van der Waals surface area contributed by atoms with Crippen LogP contribution in [0.5, 0.6) is 5.75 Å². The summed E-state index contributed by atoms with van der Waals surface area (Å²) >= 11 is 6.17. The zero-order valence-corrected chi connectivity index (χ0v) is 10.5. The Morgan fingerprint density at radius 1 is 1.17 bits per heavy atom. The van der Waals surface area contributed by atoms with Gasteiger partial charge >= 0.3 is 6.36 Å². The molecule has 0 N–H and O–H groups in total. The number of alkyl halides is 4. The van der Waals surface area contributed by atoms with Crippen LogP contribution < -0.4 is 4.74 Å². The van der Waals surface area contributed by atoms with Gasteiger partial charge in [0.1, 0.15) is 5.75 Å². The third-order valence-corrected chi connectivity index (χ3v) is 3.80. The minimum atomic E-state index is -4.63. The molecule has 1 aliphatic rings. The van der Waals surface area contributed by atoms with E-state index in [2.05, 4.69) is 4.74 Å². The van der Waals surface area contributed by atoms with Gasteiger partial charge in [0, 0.05) is 5.38 Å². The summed E-state index contributed by atoms with van der Waals surface area (Å²) in [6.07, 6.45) is -0.556.